The second-order valence-electron chi connectivity index (χ2n) is 18.5. The molecule has 0 aliphatic heterocycles. The van der Waals surface area contributed by atoms with Gasteiger partial charge >= 0.3 is 17.9 Å². The lowest BCUT2D eigenvalue weighted by Gasteiger charge is -2.18. The Kier molecular flexibility index (Phi) is 52.9. The molecule has 0 aliphatic carbocycles. The number of rotatable bonds is 50. The predicted molar refractivity (Wildman–Crippen MR) is 293 cm³/mol. The first-order valence-corrected chi connectivity index (χ1v) is 28.2. The van der Waals surface area contributed by atoms with E-state index in [1.807, 2.05) is 0 Å². The highest BCUT2D eigenvalue weighted by atomic mass is 16.6. The average molecular weight is 946 g/mol. The molecule has 1 atom stereocenters. The Morgan fingerprint density at radius 1 is 0.309 bits per heavy atom. The average Bonchev–Trinajstić information content (AvgIpc) is 3.34. The molecule has 0 saturated heterocycles. The molecule has 0 aromatic heterocycles. The minimum Gasteiger partial charge on any atom is -0.462 e. The fourth-order valence-electron chi connectivity index (χ4n) is 7.63. The lowest BCUT2D eigenvalue weighted by Crippen LogP contribution is -2.30. The van der Waals surface area contributed by atoms with E-state index in [1.54, 1.807) is 0 Å². The molecule has 0 fully saturated rings. The molecule has 0 heterocycles. The van der Waals surface area contributed by atoms with Crippen molar-refractivity contribution in [2.45, 2.75) is 264 Å². The van der Waals surface area contributed by atoms with Crippen molar-refractivity contribution in [2.75, 3.05) is 13.2 Å². The highest BCUT2D eigenvalue weighted by Gasteiger charge is 2.19. The molecular formula is C62H104O6. The Morgan fingerprint density at radius 3 is 0.897 bits per heavy atom. The third-order valence-electron chi connectivity index (χ3n) is 11.9. The van der Waals surface area contributed by atoms with Crippen molar-refractivity contribution in [1.29, 1.82) is 0 Å². The van der Waals surface area contributed by atoms with Gasteiger partial charge in [0.05, 0.1) is 0 Å². The van der Waals surface area contributed by atoms with Crippen molar-refractivity contribution >= 4 is 17.9 Å². The Bertz CT molecular complexity index is 1360. The Labute approximate surface area is 419 Å². The summed E-state index contributed by atoms with van der Waals surface area (Å²) in [5, 5.41) is 0. The molecule has 0 radical (unpaired) electrons. The van der Waals surface area contributed by atoms with Crippen LogP contribution in [0.2, 0.25) is 0 Å². The van der Waals surface area contributed by atoms with E-state index in [4.69, 9.17) is 14.2 Å². The summed E-state index contributed by atoms with van der Waals surface area (Å²) in [6, 6.07) is 0. The van der Waals surface area contributed by atoms with Crippen LogP contribution in [-0.4, -0.2) is 37.2 Å². The second kappa shape index (κ2) is 55.9. The maximum absolute atomic E-state index is 12.8. The minimum atomic E-state index is -0.791. The first-order chi connectivity index (χ1) is 33.5. The van der Waals surface area contributed by atoms with Crippen LogP contribution in [-0.2, 0) is 28.6 Å². The van der Waals surface area contributed by atoms with Gasteiger partial charge < -0.3 is 14.2 Å². The molecular weight excluding hydrogens is 841 g/mol. The highest BCUT2D eigenvalue weighted by Crippen LogP contribution is 2.15. The Morgan fingerprint density at radius 2 is 0.574 bits per heavy atom. The molecule has 0 aromatic carbocycles. The van der Waals surface area contributed by atoms with Gasteiger partial charge in [-0.25, -0.2) is 0 Å². The van der Waals surface area contributed by atoms with Crippen molar-refractivity contribution in [3.8, 4) is 0 Å². The smallest absolute Gasteiger partial charge is 0.306 e. The fourth-order valence-corrected chi connectivity index (χ4v) is 7.63. The van der Waals surface area contributed by atoms with E-state index in [-0.39, 0.29) is 31.1 Å². The number of esters is 3. The molecule has 388 valence electrons. The van der Waals surface area contributed by atoms with Crippen LogP contribution in [0.3, 0.4) is 0 Å². The van der Waals surface area contributed by atoms with E-state index in [9.17, 15) is 14.4 Å². The number of carbonyl (C=O) groups is 3. The molecule has 6 heteroatoms. The number of unbranched alkanes of at least 4 members (excludes halogenated alkanes) is 23. The van der Waals surface area contributed by atoms with Crippen LogP contribution in [0.1, 0.15) is 258 Å². The van der Waals surface area contributed by atoms with Crippen LogP contribution in [0.15, 0.2) is 97.2 Å². The van der Waals surface area contributed by atoms with E-state index in [0.717, 1.165) is 109 Å². The zero-order chi connectivity index (χ0) is 49.3. The molecule has 6 nitrogen and oxygen atoms in total. The normalized spacial score (nSPS) is 12.8. The number of ether oxygens (including phenoxy) is 3. The van der Waals surface area contributed by atoms with Gasteiger partial charge in [0.15, 0.2) is 6.10 Å². The Balaban J connectivity index is 4.35. The quantitative estimate of drug-likeness (QED) is 0.0262. The molecule has 0 N–H and O–H groups in total. The minimum absolute atomic E-state index is 0.0884. The molecule has 0 aliphatic rings. The first-order valence-electron chi connectivity index (χ1n) is 28.2. The highest BCUT2D eigenvalue weighted by molar-refractivity contribution is 5.71. The topological polar surface area (TPSA) is 78.9 Å². The van der Waals surface area contributed by atoms with Gasteiger partial charge in [-0.05, 0) is 83.5 Å². The predicted octanol–water partition coefficient (Wildman–Crippen LogP) is 18.9. The molecule has 0 amide bonds. The van der Waals surface area contributed by atoms with Crippen LogP contribution in [0.25, 0.3) is 0 Å². The maximum atomic E-state index is 12.8. The van der Waals surface area contributed by atoms with Crippen LogP contribution < -0.4 is 0 Å². The van der Waals surface area contributed by atoms with Crippen LogP contribution in [0.5, 0.6) is 0 Å². The number of hydrogen-bond acceptors (Lipinski definition) is 6. The molecule has 0 saturated carbocycles. The monoisotopic (exact) mass is 945 g/mol. The van der Waals surface area contributed by atoms with Gasteiger partial charge in [0, 0.05) is 19.3 Å². The van der Waals surface area contributed by atoms with Crippen LogP contribution >= 0.6 is 0 Å². The van der Waals surface area contributed by atoms with Gasteiger partial charge in [0.1, 0.15) is 13.2 Å². The van der Waals surface area contributed by atoms with Crippen LogP contribution in [0.4, 0.5) is 0 Å². The number of carbonyl (C=O) groups excluding carboxylic acids is 3. The summed E-state index contributed by atoms with van der Waals surface area (Å²) in [5.74, 6) is -0.933. The van der Waals surface area contributed by atoms with E-state index in [2.05, 4.69) is 118 Å². The zero-order valence-corrected chi connectivity index (χ0v) is 44.3. The van der Waals surface area contributed by atoms with E-state index in [0.29, 0.717) is 19.3 Å². The summed E-state index contributed by atoms with van der Waals surface area (Å²) in [6.07, 6.45) is 74.0. The summed E-state index contributed by atoms with van der Waals surface area (Å²) in [4.78, 5) is 38.0. The van der Waals surface area contributed by atoms with Crippen molar-refractivity contribution in [2.24, 2.45) is 0 Å². The van der Waals surface area contributed by atoms with E-state index >= 15 is 0 Å². The second-order valence-corrected chi connectivity index (χ2v) is 18.5. The fraction of sp³-hybridized carbons (Fsp3) is 0.694. The molecule has 68 heavy (non-hydrogen) atoms. The molecule has 0 rings (SSSR count). The summed E-state index contributed by atoms with van der Waals surface area (Å²) in [6.45, 7) is 6.48. The summed E-state index contributed by atoms with van der Waals surface area (Å²) in [5.41, 5.74) is 0. The summed E-state index contributed by atoms with van der Waals surface area (Å²) >= 11 is 0. The van der Waals surface area contributed by atoms with Gasteiger partial charge in [-0.1, -0.05) is 253 Å². The van der Waals surface area contributed by atoms with Gasteiger partial charge in [-0.2, -0.15) is 0 Å². The summed E-state index contributed by atoms with van der Waals surface area (Å²) in [7, 11) is 0. The number of hydrogen-bond donors (Lipinski definition) is 0. The molecule has 1 unspecified atom stereocenters. The zero-order valence-electron chi connectivity index (χ0n) is 44.3. The first kappa shape index (κ1) is 64.3. The van der Waals surface area contributed by atoms with Crippen molar-refractivity contribution in [1.82, 2.24) is 0 Å². The summed E-state index contributed by atoms with van der Waals surface area (Å²) < 4.78 is 16.8. The number of allylic oxidation sites excluding steroid dienone is 16. The third-order valence-corrected chi connectivity index (χ3v) is 11.9. The standard InChI is InChI=1S/C62H104O6/c1-4-7-10-13-16-19-22-24-25-26-27-28-29-30-31-32-33-34-35-36-37-39-40-43-46-49-52-55-61(64)67-58-59(57-66-60(63)54-51-48-45-42-21-18-15-12-9-6-3)68-62(65)56-53-50-47-44-41-38-23-20-17-14-11-8-5-2/h7,10,16,19,24-25,27-28,30-31,33-34,36-37,40,43,59H,4-6,8-9,11-15,17-18,20-23,26,29,32,35,38-39,41-42,44-58H2,1-3H3/b10-7-,19-16-,25-24-,28-27-,31-30-,34-33-,37-36-,43-40-. The van der Waals surface area contributed by atoms with Crippen molar-refractivity contribution < 1.29 is 28.6 Å². The molecule has 0 bridgehead atoms. The van der Waals surface area contributed by atoms with E-state index in [1.165, 1.54) is 109 Å². The van der Waals surface area contributed by atoms with Gasteiger partial charge in [-0.15, -0.1) is 0 Å². The van der Waals surface area contributed by atoms with Gasteiger partial charge in [0.25, 0.3) is 0 Å². The van der Waals surface area contributed by atoms with Crippen LogP contribution in [0, 0.1) is 0 Å². The third kappa shape index (κ3) is 53.3. The van der Waals surface area contributed by atoms with Crippen molar-refractivity contribution in [3.63, 3.8) is 0 Å². The largest absolute Gasteiger partial charge is 0.462 e. The molecule has 0 aromatic rings. The van der Waals surface area contributed by atoms with Gasteiger partial charge in [0.2, 0.25) is 0 Å². The Hall–Kier alpha value is -3.67. The van der Waals surface area contributed by atoms with Crippen molar-refractivity contribution in [3.05, 3.63) is 97.2 Å². The van der Waals surface area contributed by atoms with E-state index < -0.39 is 6.10 Å². The van der Waals surface area contributed by atoms with Gasteiger partial charge in [-0.3, -0.25) is 14.4 Å². The SMILES string of the molecule is CC/C=C\C/C=C\C/C=C\C/C=C\C/C=C\C/C=C\C/C=C\C/C=C\CCCCC(=O)OCC(COC(=O)CCCCCCCCCCCC)OC(=O)CCCCCCCCCCCCCCC. The lowest BCUT2D eigenvalue weighted by atomic mass is 10.0. The lowest BCUT2D eigenvalue weighted by molar-refractivity contribution is -0.167. The molecule has 0 spiro atoms. The maximum Gasteiger partial charge on any atom is 0.306 e.